The van der Waals surface area contributed by atoms with Crippen LogP contribution >= 0.6 is 0 Å². The first-order valence-corrected chi connectivity index (χ1v) is 31.1. The van der Waals surface area contributed by atoms with Crippen LogP contribution in [-0.4, -0.2) is 43.3 Å². The van der Waals surface area contributed by atoms with E-state index >= 15 is 0 Å². The highest BCUT2D eigenvalue weighted by Gasteiger charge is 2.80. The Morgan fingerprint density at radius 1 is 0.480 bits per heavy atom. The summed E-state index contributed by atoms with van der Waals surface area (Å²) in [5.41, 5.74) is 0. The maximum Gasteiger partial charge on any atom is 0.187 e. The fourth-order valence-corrected chi connectivity index (χ4v) is 19.5. The van der Waals surface area contributed by atoms with Gasteiger partial charge in [0, 0.05) is 17.8 Å². The second-order valence-corrected chi connectivity index (χ2v) is 34.2. The number of allylic oxidation sites excluding steroid dienone is 4. The molecule has 6 heteroatoms. The van der Waals surface area contributed by atoms with Crippen LogP contribution < -0.4 is 0 Å². The van der Waals surface area contributed by atoms with Crippen molar-refractivity contribution in [2.45, 2.75) is 175 Å². The van der Waals surface area contributed by atoms with Gasteiger partial charge in [-0.1, -0.05) is 78.2 Å². The summed E-state index contributed by atoms with van der Waals surface area (Å²) in [4.78, 5) is 0. The zero-order valence-electron chi connectivity index (χ0n) is 34.8. The molecule has 50 heavy (non-hydrogen) atoms. The summed E-state index contributed by atoms with van der Waals surface area (Å²) in [6.07, 6.45) is 22.7. The Labute approximate surface area is 313 Å². The Bertz CT molecular complexity index is 1140. The molecule has 6 saturated carbocycles. The molecule has 0 spiro atoms. The van der Waals surface area contributed by atoms with Crippen molar-refractivity contribution in [2.24, 2.45) is 76.9 Å². The van der Waals surface area contributed by atoms with E-state index in [4.69, 9.17) is 13.3 Å². The normalized spacial score (nSPS) is 44.5. The van der Waals surface area contributed by atoms with Gasteiger partial charge in [-0.2, -0.15) is 0 Å². The van der Waals surface area contributed by atoms with E-state index < -0.39 is 25.0 Å². The smallest absolute Gasteiger partial charge is 0.187 e. The van der Waals surface area contributed by atoms with E-state index in [1.165, 1.54) is 75.9 Å². The molecule has 6 aliphatic carbocycles. The van der Waals surface area contributed by atoms with Crippen molar-refractivity contribution in [1.29, 1.82) is 0 Å². The van der Waals surface area contributed by atoms with Crippen molar-refractivity contribution in [1.82, 2.24) is 0 Å². The van der Waals surface area contributed by atoms with E-state index in [1.807, 2.05) is 0 Å². The largest absolute Gasteiger partial charge is 0.414 e. The average molecular weight is 741 g/mol. The number of rotatable bonds is 17. The highest BCUT2D eigenvalue weighted by atomic mass is 28.4. The Kier molecular flexibility index (Phi) is 12.4. The molecule has 3 nitrogen and oxygen atoms in total. The van der Waals surface area contributed by atoms with E-state index in [0.717, 1.165) is 59.2 Å². The topological polar surface area (TPSA) is 27.7 Å². The lowest BCUT2D eigenvalue weighted by atomic mass is 9.32. The summed E-state index contributed by atoms with van der Waals surface area (Å²) in [6.45, 7) is 29.8. The molecule has 13 atom stereocenters. The molecule has 0 aromatic heterocycles. The van der Waals surface area contributed by atoms with Crippen molar-refractivity contribution < 1.29 is 13.3 Å². The third-order valence-corrected chi connectivity index (χ3v) is 22.9. The fourth-order valence-electron chi connectivity index (χ4n) is 12.8. The van der Waals surface area contributed by atoms with Crippen LogP contribution in [0.5, 0.6) is 0 Å². The van der Waals surface area contributed by atoms with Crippen LogP contribution in [0.3, 0.4) is 0 Å². The lowest BCUT2D eigenvalue weighted by molar-refractivity contribution is -0.369. The zero-order chi connectivity index (χ0) is 36.2. The van der Waals surface area contributed by atoms with Gasteiger partial charge < -0.3 is 13.3 Å². The SMILES string of the molecule is C/C=C/C=C/C1CC(C)C(CC[Si](C)(C)OC2C3C(O[Si](C)(C)CCC4CC(C)CC4C)C4C(O[Si](C)(C)CCC5CC(C)CC5C)C2C43)C1. The van der Waals surface area contributed by atoms with E-state index in [2.05, 4.69) is 105 Å². The molecule has 0 aromatic rings. The second kappa shape index (κ2) is 15.6. The van der Waals surface area contributed by atoms with Crippen LogP contribution in [0.4, 0.5) is 0 Å². The second-order valence-electron chi connectivity index (χ2n) is 21.5. The van der Waals surface area contributed by atoms with Crippen LogP contribution in [0.25, 0.3) is 0 Å². The molecular weight excluding hydrogens is 661 g/mol. The molecule has 286 valence electrons. The standard InChI is InChI=1S/C44H80O3Si3/c1-13-14-15-16-34-27-33(6)37(28-34)19-22-50(11,12)47-44-40-38-39(42(40)45-48(7,8)20-17-35-25-29(2)23-31(35)4)43(41(38)44)46-49(9,10)21-18-36-26-30(3)24-32(36)5/h13-16,29-44H,17-28H2,1-12H3/b14-13+,16-15+. The van der Waals surface area contributed by atoms with E-state index in [1.54, 1.807) is 0 Å². The van der Waals surface area contributed by atoms with Crippen molar-refractivity contribution >= 4 is 25.0 Å². The minimum absolute atomic E-state index is 0.375. The Balaban J connectivity index is 1.09. The quantitative estimate of drug-likeness (QED) is 0.110. The summed E-state index contributed by atoms with van der Waals surface area (Å²) < 4.78 is 22.4. The van der Waals surface area contributed by atoms with Crippen LogP contribution in [0.1, 0.15) is 99.3 Å². The van der Waals surface area contributed by atoms with E-state index in [-0.39, 0.29) is 0 Å². The molecule has 0 amide bonds. The number of hydrogen-bond acceptors (Lipinski definition) is 3. The summed E-state index contributed by atoms with van der Waals surface area (Å²) in [5, 5.41) is 0. The van der Waals surface area contributed by atoms with Crippen LogP contribution in [-0.2, 0) is 13.3 Å². The molecule has 0 bridgehead atoms. The Morgan fingerprint density at radius 2 is 0.860 bits per heavy atom. The predicted molar refractivity (Wildman–Crippen MR) is 221 cm³/mol. The molecule has 0 aromatic carbocycles. The molecule has 0 aliphatic heterocycles. The molecule has 0 N–H and O–H groups in total. The van der Waals surface area contributed by atoms with Crippen molar-refractivity contribution in [2.75, 3.05) is 0 Å². The summed E-state index contributed by atoms with van der Waals surface area (Å²) >= 11 is 0. The lowest BCUT2D eigenvalue weighted by Gasteiger charge is -2.80. The molecule has 0 heterocycles. The zero-order valence-corrected chi connectivity index (χ0v) is 37.8. The maximum atomic E-state index is 7.47. The van der Waals surface area contributed by atoms with Gasteiger partial charge in [-0.25, -0.2) is 0 Å². The van der Waals surface area contributed by atoms with Gasteiger partial charge in [-0.15, -0.1) is 0 Å². The fraction of sp³-hybridized carbons (Fsp3) is 0.909. The van der Waals surface area contributed by atoms with E-state index in [9.17, 15) is 0 Å². The van der Waals surface area contributed by atoms with E-state index in [0.29, 0.717) is 36.1 Å². The summed E-state index contributed by atoms with van der Waals surface area (Å²) in [5.74, 6) is 10.5. The van der Waals surface area contributed by atoms with Gasteiger partial charge in [0.05, 0.1) is 18.3 Å². The van der Waals surface area contributed by atoms with Gasteiger partial charge in [-0.3, -0.25) is 0 Å². The molecule has 6 aliphatic rings. The minimum atomic E-state index is -1.83. The third-order valence-electron chi connectivity index (χ3n) is 15.7. The highest BCUT2D eigenvalue weighted by Crippen LogP contribution is 2.73. The van der Waals surface area contributed by atoms with Crippen molar-refractivity contribution in [3.8, 4) is 0 Å². The van der Waals surface area contributed by atoms with Gasteiger partial charge in [0.25, 0.3) is 0 Å². The van der Waals surface area contributed by atoms with Crippen molar-refractivity contribution in [3.05, 3.63) is 24.3 Å². The first kappa shape index (κ1) is 39.7. The lowest BCUT2D eigenvalue weighted by Crippen LogP contribution is -2.87. The van der Waals surface area contributed by atoms with Crippen molar-refractivity contribution in [3.63, 3.8) is 0 Å². The summed E-state index contributed by atoms with van der Waals surface area (Å²) in [7, 11) is -5.41. The van der Waals surface area contributed by atoms with Gasteiger partial charge in [0.2, 0.25) is 0 Å². The molecule has 13 unspecified atom stereocenters. The maximum absolute atomic E-state index is 7.47. The van der Waals surface area contributed by atoms with Gasteiger partial charge in [-0.05, 0) is 162 Å². The van der Waals surface area contributed by atoms with Crippen LogP contribution in [0, 0.1) is 76.9 Å². The average Bonchev–Trinajstić information content (AvgIpc) is 3.65. The predicted octanol–water partition coefficient (Wildman–Crippen LogP) is 12.6. The molecular formula is C44H80O3Si3. The number of hydrogen-bond donors (Lipinski definition) is 0. The van der Waals surface area contributed by atoms with Gasteiger partial charge in [0.15, 0.2) is 25.0 Å². The first-order valence-electron chi connectivity index (χ1n) is 21.8. The Hall–Kier alpha value is 0.0106. The third kappa shape index (κ3) is 8.77. The Morgan fingerprint density at radius 3 is 1.22 bits per heavy atom. The molecule has 6 fully saturated rings. The van der Waals surface area contributed by atoms with Gasteiger partial charge >= 0.3 is 0 Å². The van der Waals surface area contributed by atoms with Crippen LogP contribution in [0.15, 0.2) is 24.3 Å². The van der Waals surface area contributed by atoms with Crippen LogP contribution in [0.2, 0.25) is 57.4 Å². The van der Waals surface area contributed by atoms with Gasteiger partial charge in [0.1, 0.15) is 0 Å². The molecule has 0 saturated heterocycles. The minimum Gasteiger partial charge on any atom is -0.414 e. The highest BCUT2D eigenvalue weighted by molar-refractivity contribution is 6.72. The monoisotopic (exact) mass is 741 g/mol. The molecule has 0 radical (unpaired) electrons. The summed E-state index contributed by atoms with van der Waals surface area (Å²) in [6, 6.07) is 3.93. The first-order chi connectivity index (χ1) is 23.5. The molecule has 6 rings (SSSR count).